The number of hydrogen-bond donors (Lipinski definition) is 3. The summed E-state index contributed by atoms with van der Waals surface area (Å²) in [6, 6.07) is 3.01. The summed E-state index contributed by atoms with van der Waals surface area (Å²) in [4.78, 5) is 14.4. The van der Waals surface area contributed by atoms with E-state index in [1.54, 1.807) is 6.07 Å². The van der Waals surface area contributed by atoms with E-state index in [1.807, 2.05) is 13.8 Å². The molecule has 0 unspecified atom stereocenters. The van der Waals surface area contributed by atoms with Gasteiger partial charge in [-0.25, -0.2) is 9.78 Å². The van der Waals surface area contributed by atoms with E-state index in [1.165, 1.54) is 12.3 Å². The molecule has 0 radical (unpaired) electrons. The number of nitrogens with zero attached hydrogens (tertiary/aromatic N) is 1. The highest BCUT2D eigenvalue weighted by Crippen LogP contribution is 2.11. The van der Waals surface area contributed by atoms with Crippen LogP contribution in [0.4, 0.5) is 5.69 Å². The van der Waals surface area contributed by atoms with Gasteiger partial charge in [0.1, 0.15) is 5.69 Å². The number of aliphatic hydroxyl groups excluding tert-OH is 1. The van der Waals surface area contributed by atoms with Crippen molar-refractivity contribution >= 4 is 11.7 Å². The van der Waals surface area contributed by atoms with Crippen LogP contribution in [0.1, 0.15) is 24.3 Å². The van der Waals surface area contributed by atoms with Crippen LogP contribution in [0.15, 0.2) is 18.3 Å². The standard InChI is InChI=1S/C11H16N2O3/c1-7(2)10(6-14)13-8-3-4-9(11(15)16)12-5-8/h3-5,7,10,13-14H,6H2,1-2H3,(H,15,16)/t10-/m1/s1. The summed E-state index contributed by atoms with van der Waals surface area (Å²) in [6.07, 6.45) is 1.45. The molecule has 0 aliphatic carbocycles. The van der Waals surface area contributed by atoms with Crippen LogP contribution in [0.25, 0.3) is 0 Å². The van der Waals surface area contributed by atoms with E-state index in [4.69, 9.17) is 10.2 Å². The van der Waals surface area contributed by atoms with Crippen LogP contribution in [0.5, 0.6) is 0 Å². The zero-order valence-corrected chi connectivity index (χ0v) is 9.34. The number of pyridine rings is 1. The van der Waals surface area contributed by atoms with Gasteiger partial charge >= 0.3 is 5.97 Å². The lowest BCUT2D eigenvalue weighted by molar-refractivity contribution is 0.0690. The molecule has 0 amide bonds. The number of carboxylic acid groups (broad SMARTS) is 1. The van der Waals surface area contributed by atoms with Crippen LogP contribution in [-0.2, 0) is 0 Å². The molecule has 1 aromatic heterocycles. The van der Waals surface area contributed by atoms with Gasteiger partial charge in [0.2, 0.25) is 0 Å². The summed E-state index contributed by atoms with van der Waals surface area (Å²) in [5.41, 5.74) is 0.716. The molecule has 5 heteroatoms. The molecule has 3 N–H and O–H groups in total. The van der Waals surface area contributed by atoms with Crippen molar-refractivity contribution in [3.8, 4) is 0 Å². The molecule has 16 heavy (non-hydrogen) atoms. The minimum absolute atomic E-state index is 0.00986. The van der Waals surface area contributed by atoms with Crippen molar-refractivity contribution in [2.45, 2.75) is 19.9 Å². The molecule has 5 nitrogen and oxygen atoms in total. The highest BCUT2D eigenvalue weighted by atomic mass is 16.4. The van der Waals surface area contributed by atoms with E-state index in [0.717, 1.165) is 0 Å². The third-order valence-electron chi connectivity index (χ3n) is 2.34. The Hall–Kier alpha value is -1.62. The molecule has 0 spiro atoms. The van der Waals surface area contributed by atoms with Crippen molar-refractivity contribution < 1.29 is 15.0 Å². The van der Waals surface area contributed by atoms with Crippen molar-refractivity contribution in [3.05, 3.63) is 24.0 Å². The Morgan fingerprint density at radius 1 is 1.50 bits per heavy atom. The van der Waals surface area contributed by atoms with Gasteiger partial charge in [0.15, 0.2) is 0 Å². The number of carbonyl (C=O) groups is 1. The molecule has 1 aromatic rings. The Morgan fingerprint density at radius 2 is 2.19 bits per heavy atom. The van der Waals surface area contributed by atoms with Gasteiger partial charge < -0.3 is 15.5 Å². The van der Waals surface area contributed by atoms with Crippen molar-refractivity contribution in [3.63, 3.8) is 0 Å². The van der Waals surface area contributed by atoms with Gasteiger partial charge in [0.25, 0.3) is 0 Å². The third-order valence-corrected chi connectivity index (χ3v) is 2.34. The topological polar surface area (TPSA) is 82.5 Å². The summed E-state index contributed by atoms with van der Waals surface area (Å²) in [5, 5.41) is 20.9. The maximum absolute atomic E-state index is 10.6. The Balaban J connectivity index is 2.71. The monoisotopic (exact) mass is 224 g/mol. The Morgan fingerprint density at radius 3 is 2.56 bits per heavy atom. The average Bonchev–Trinajstić information content (AvgIpc) is 2.26. The molecule has 0 saturated heterocycles. The van der Waals surface area contributed by atoms with Crippen molar-refractivity contribution in [2.75, 3.05) is 11.9 Å². The molecule has 0 fully saturated rings. The van der Waals surface area contributed by atoms with E-state index in [9.17, 15) is 4.79 Å². The predicted octanol–water partition coefficient (Wildman–Crippen LogP) is 1.21. The number of rotatable bonds is 5. The average molecular weight is 224 g/mol. The molecule has 0 aromatic carbocycles. The number of hydrogen-bond acceptors (Lipinski definition) is 4. The first kappa shape index (κ1) is 12.4. The van der Waals surface area contributed by atoms with Crippen LogP contribution >= 0.6 is 0 Å². The fraction of sp³-hybridized carbons (Fsp3) is 0.455. The van der Waals surface area contributed by atoms with Gasteiger partial charge in [-0.2, -0.15) is 0 Å². The predicted molar refractivity (Wildman–Crippen MR) is 60.5 cm³/mol. The summed E-state index contributed by atoms with van der Waals surface area (Å²) in [6.45, 7) is 4.01. The van der Waals surface area contributed by atoms with Crippen LogP contribution in [-0.4, -0.2) is 33.8 Å². The fourth-order valence-electron chi connectivity index (χ4n) is 1.24. The minimum Gasteiger partial charge on any atom is -0.477 e. The zero-order chi connectivity index (χ0) is 12.1. The Labute approximate surface area is 94.1 Å². The highest BCUT2D eigenvalue weighted by molar-refractivity contribution is 5.85. The Bertz CT molecular complexity index is 349. The van der Waals surface area contributed by atoms with Gasteiger partial charge in [-0.05, 0) is 18.1 Å². The van der Waals surface area contributed by atoms with E-state index in [2.05, 4.69) is 10.3 Å². The van der Waals surface area contributed by atoms with E-state index < -0.39 is 5.97 Å². The molecule has 1 heterocycles. The molecule has 1 rings (SSSR count). The molecule has 0 saturated carbocycles. The van der Waals surface area contributed by atoms with Crippen LogP contribution in [0, 0.1) is 5.92 Å². The lowest BCUT2D eigenvalue weighted by Gasteiger charge is -2.20. The lowest BCUT2D eigenvalue weighted by Crippen LogP contribution is -2.29. The number of aromatic carboxylic acids is 1. The summed E-state index contributed by atoms with van der Waals surface area (Å²) < 4.78 is 0. The molecular formula is C11H16N2O3. The molecule has 88 valence electrons. The minimum atomic E-state index is -1.05. The fourth-order valence-corrected chi connectivity index (χ4v) is 1.24. The molecule has 1 atom stereocenters. The number of aromatic nitrogens is 1. The second-order valence-electron chi connectivity index (χ2n) is 3.91. The molecule has 0 aliphatic rings. The maximum atomic E-state index is 10.6. The third kappa shape index (κ3) is 3.20. The summed E-state index contributed by atoms with van der Waals surface area (Å²) >= 11 is 0. The normalized spacial score (nSPS) is 12.5. The summed E-state index contributed by atoms with van der Waals surface area (Å²) in [7, 11) is 0. The number of anilines is 1. The van der Waals surface area contributed by atoms with Gasteiger partial charge in [-0.3, -0.25) is 0 Å². The van der Waals surface area contributed by atoms with Crippen LogP contribution in [0.3, 0.4) is 0 Å². The molecular weight excluding hydrogens is 208 g/mol. The van der Waals surface area contributed by atoms with Crippen molar-refractivity contribution in [2.24, 2.45) is 5.92 Å². The van der Waals surface area contributed by atoms with Crippen molar-refractivity contribution in [1.29, 1.82) is 0 Å². The van der Waals surface area contributed by atoms with Gasteiger partial charge in [-0.15, -0.1) is 0 Å². The second-order valence-corrected chi connectivity index (χ2v) is 3.91. The van der Waals surface area contributed by atoms with E-state index in [-0.39, 0.29) is 24.3 Å². The van der Waals surface area contributed by atoms with Crippen LogP contribution in [0.2, 0.25) is 0 Å². The maximum Gasteiger partial charge on any atom is 0.354 e. The lowest BCUT2D eigenvalue weighted by atomic mass is 10.1. The first-order chi connectivity index (χ1) is 7.54. The first-order valence-corrected chi connectivity index (χ1v) is 5.11. The highest BCUT2D eigenvalue weighted by Gasteiger charge is 2.12. The second kappa shape index (κ2) is 5.46. The van der Waals surface area contributed by atoms with Crippen LogP contribution < -0.4 is 5.32 Å². The smallest absolute Gasteiger partial charge is 0.354 e. The van der Waals surface area contributed by atoms with Gasteiger partial charge in [0, 0.05) is 0 Å². The zero-order valence-electron chi connectivity index (χ0n) is 9.34. The first-order valence-electron chi connectivity index (χ1n) is 5.11. The SMILES string of the molecule is CC(C)[C@@H](CO)Nc1ccc(C(=O)O)nc1. The quantitative estimate of drug-likeness (QED) is 0.700. The molecule has 0 aliphatic heterocycles. The summed E-state index contributed by atoms with van der Waals surface area (Å²) in [5.74, 6) is -0.765. The molecule has 0 bridgehead atoms. The number of carboxylic acids is 1. The Kier molecular flexibility index (Phi) is 4.25. The largest absolute Gasteiger partial charge is 0.477 e. The van der Waals surface area contributed by atoms with Gasteiger partial charge in [0.05, 0.1) is 24.5 Å². The van der Waals surface area contributed by atoms with Gasteiger partial charge in [-0.1, -0.05) is 13.8 Å². The number of nitrogens with one attached hydrogen (secondary N) is 1. The van der Waals surface area contributed by atoms with E-state index in [0.29, 0.717) is 5.69 Å². The van der Waals surface area contributed by atoms with Crippen molar-refractivity contribution in [1.82, 2.24) is 4.98 Å². The van der Waals surface area contributed by atoms with E-state index >= 15 is 0 Å². The number of aliphatic hydroxyl groups is 1.